The summed E-state index contributed by atoms with van der Waals surface area (Å²) in [7, 11) is 1.29. The lowest BCUT2D eigenvalue weighted by Crippen LogP contribution is -2.24. The Morgan fingerprint density at radius 2 is 1.96 bits per heavy atom. The Labute approximate surface area is 133 Å². The number of aromatic nitrogens is 1. The van der Waals surface area contributed by atoms with E-state index in [1.165, 1.54) is 13.2 Å². The molecule has 5 nitrogen and oxygen atoms in total. The van der Waals surface area contributed by atoms with Gasteiger partial charge >= 0.3 is 5.97 Å². The first-order valence-electron chi connectivity index (χ1n) is 7.15. The van der Waals surface area contributed by atoms with E-state index in [0.717, 1.165) is 0 Å². The molecule has 122 valence electrons. The standard InChI is InChI=1S/C17H19FN2O3/c1-9-5-6-12(7-13(9)18)8-19-16(21)15-10(2)14(11(3)20-15)17(22)23-4/h5-7,20H,8H2,1-4H3,(H,19,21). The maximum atomic E-state index is 13.5. The van der Waals surface area contributed by atoms with Crippen LogP contribution in [0.25, 0.3) is 0 Å². The number of methoxy groups -OCH3 is 1. The molecule has 0 bridgehead atoms. The number of aromatic amines is 1. The van der Waals surface area contributed by atoms with Crippen LogP contribution in [-0.2, 0) is 11.3 Å². The van der Waals surface area contributed by atoms with E-state index < -0.39 is 5.97 Å². The summed E-state index contributed by atoms with van der Waals surface area (Å²) in [6.45, 7) is 5.25. The number of aryl methyl sites for hydroxylation is 2. The third-order valence-electron chi connectivity index (χ3n) is 3.74. The Morgan fingerprint density at radius 3 is 2.57 bits per heavy atom. The average molecular weight is 318 g/mol. The van der Waals surface area contributed by atoms with Gasteiger partial charge in [-0.25, -0.2) is 9.18 Å². The van der Waals surface area contributed by atoms with Crippen molar-refractivity contribution in [3.8, 4) is 0 Å². The number of hydrogen-bond donors (Lipinski definition) is 2. The summed E-state index contributed by atoms with van der Waals surface area (Å²) in [6.07, 6.45) is 0. The third kappa shape index (κ3) is 3.41. The van der Waals surface area contributed by atoms with Crippen LogP contribution in [0.2, 0.25) is 0 Å². The third-order valence-corrected chi connectivity index (χ3v) is 3.74. The number of benzene rings is 1. The van der Waals surface area contributed by atoms with Gasteiger partial charge in [0, 0.05) is 12.2 Å². The molecule has 1 aromatic carbocycles. The second-order valence-electron chi connectivity index (χ2n) is 5.38. The number of esters is 1. The van der Waals surface area contributed by atoms with Crippen LogP contribution in [0.3, 0.4) is 0 Å². The highest BCUT2D eigenvalue weighted by atomic mass is 19.1. The molecule has 0 saturated carbocycles. The number of ether oxygens (including phenoxy) is 1. The summed E-state index contributed by atoms with van der Waals surface area (Å²) in [5, 5.41) is 2.71. The van der Waals surface area contributed by atoms with Crippen molar-refractivity contribution in [1.82, 2.24) is 10.3 Å². The van der Waals surface area contributed by atoms with Gasteiger partial charge in [0.2, 0.25) is 0 Å². The molecule has 0 saturated heterocycles. The number of hydrogen-bond acceptors (Lipinski definition) is 3. The molecular weight excluding hydrogens is 299 g/mol. The summed E-state index contributed by atoms with van der Waals surface area (Å²) in [6, 6.07) is 4.81. The molecule has 2 N–H and O–H groups in total. The molecule has 23 heavy (non-hydrogen) atoms. The molecular formula is C17H19FN2O3. The molecule has 1 aromatic heterocycles. The highest BCUT2D eigenvalue weighted by Gasteiger charge is 2.22. The summed E-state index contributed by atoms with van der Waals surface area (Å²) < 4.78 is 18.2. The summed E-state index contributed by atoms with van der Waals surface area (Å²) >= 11 is 0. The zero-order valence-electron chi connectivity index (χ0n) is 13.5. The number of H-pyrrole nitrogens is 1. The van der Waals surface area contributed by atoms with Gasteiger partial charge < -0.3 is 15.0 Å². The second-order valence-corrected chi connectivity index (χ2v) is 5.38. The summed E-state index contributed by atoms with van der Waals surface area (Å²) in [5.74, 6) is -1.16. The van der Waals surface area contributed by atoms with Gasteiger partial charge in [0.15, 0.2) is 0 Å². The summed E-state index contributed by atoms with van der Waals surface area (Å²) in [4.78, 5) is 26.9. The molecule has 0 radical (unpaired) electrons. The number of carbonyl (C=O) groups is 2. The first kappa shape index (κ1) is 16.7. The molecule has 1 heterocycles. The Kier molecular flexibility index (Phi) is 4.83. The van der Waals surface area contributed by atoms with Crippen molar-refractivity contribution < 1.29 is 18.7 Å². The van der Waals surface area contributed by atoms with Crippen molar-refractivity contribution in [3.05, 3.63) is 57.7 Å². The monoisotopic (exact) mass is 318 g/mol. The molecule has 6 heteroatoms. The van der Waals surface area contributed by atoms with Gasteiger partial charge in [0.25, 0.3) is 5.91 Å². The highest BCUT2D eigenvalue weighted by molar-refractivity contribution is 6.00. The smallest absolute Gasteiger partial charge is 0.339 e. The molecule has 2 rings (SSSR count). The normalized spacial score (nSPS) is 10.5. The first-order valence-corrected chi connectivity index (χ1v) is 7.15. The Balaban J connectivity index is 2.15. The molecule has 1 amide bonds. The van der Waals surface area contributed by atoms with E-state index in [0.29, 0.717) is 33.6 Å². The van der Waals surface area contributed by atoms with Crippen molar-refractivity contribution in [2.24, 2.45) is 0 Å². The largest absolute Gasteiger partial charge is 0.465 e. The summed E-state index contributed by atoms with van der Waals surface area (Å²) in [5.41, 5.74) is 2.98. The number of amides is 1. The predicted octanol–water partition coefficient (Wildman–Crippen LogP) is 2.80. The predicted molar refractivity (Wildman–Crippen MR) is 83.9 cm³/mol. The van der Waals surface area contributed by atoms with E-state index in [-0.39, 0.29) is 18.3 Å². The van der Waals surface area contributed by atoms with Gasteiger partial charge in [0.1, 0.15) is 11.5 Å². The van der Waals surface area contributed by atoms with Crippen LogP contribution in [0.4, 0.5) is 4.39 Å². The minimum atomic E-state index is -0.490. The fourth-order valence-electron chi connectivity index (χ4n) is 2.40. The van der Waals surface area contributed by atoms with Crippen LogP contribution in [0.5, 0.6) is 0 Å². The molecule has 0 fully saturated rings. The lowest BCUT2D eigenvalue weighted by Gasteiger charge is -2.06. The Morgan fingerprint density at radius 1 is 1.26 bits per heavy atom. The molecule has 2 aromatic rings. The molecule has 0 aliphatic heterocycles. The van der Waals surface area contributed by atoms with E-state index in [9.17, 15) is 14.0 Å². The Hall–Kier alpha value is -2.63. The van der Waals surface area contributed by atoms with Gasteiger partial charge in [-0.05, 0) is 43.5 Å². The van der Waals surface area contributed by atoms with Crippen LogP contribution in [0.1, 0.15) is 43.2 Å². The highest BCUT2D eigenvalue weighted by Crippen LogP contribution is 2.19. The van der Waals surface area contributed by atoms with Gasteiger partial charge in [0.05, 0.1) is 12.7 Å². The lowest BCUT2D eigenvalue weighted by molar-refractivity contribution is 0.0599. The maximum Gasteiger partial charge on any atom is 0.339 e. The molecule has 0 aliphatic rings. The van der Waals surface area contributed by atoms with E-state index >= 15 is 0 Å². The number of nitrogens with one attached hydrogen (secondary N) is 2. The number of halogens is 1. The van der Waals surface area contributed by atoms with E-state index in [4.69, 9.17) is 4.74 Å². The minimum Gasteiger partial charge on any atom is -0.465 e. The van der Waals surface area contributed by atoms with Crippen LogP contribution in [0.15, 0.2) is 18.2 Å². The van der Waals surface area contributed by atoms with Gasteiger partial charge in [-0.2, -0.15) is 0 Å². The average Bonchev–Trinajstić information content (AvgIpc) is 2.82. The zero-order chi connectivity index (χ0) is 17.1. The quantitative estimate of drug-likeness (QED) is 0.852. The van der Waals surface area contributed by atoms with E-state index in [2.05, 4.69) is 10.3 Å². The second kappa shape index (κ2) is 6.64. The SMILES string of the molecule is COC(=O)c1c(C)[nH]c(C(=O)NCc2ccc(C)c(F)c2)c1C. The van der Waals surface area contributed by atoms with Crippen LogP contribution < -0.4 is 5.32 Å². The maximum absolute atomic E-state index is 13.5. The van der Waals surface area contributed by atoms with Crippen LogP contribution in [-0.4, -0.2) is 24.0 Å². The fourth-order valence-corrected chi connectivity index (χ4v) is 2.40. The lowest BCUT2D eigenvalue weighted by atomic mass is 10.1. The topological polar surface area (TPSA) is 71.2 Å². The van der Waals surface area contributed by atoms with Gasteiger partial charge in [-0.15, -0.1) is 0 Å². The van der Waals surface area contributed by atoms with Crippen molar-refractivity contribution in [1.29, 1.82) is 0 Å². The van der Waals surface area contributed by atoms with Gasteiger partial charge in [-0.1, -0.05) is 12.1 Å². The minimum absolute atomic E-state index is 0.196. The van der Waals surface area contributed by atoms with Crippen molar-refractivity contribution >= 4 is 11.9 Å². The fraction of sp³-hybridized carbons (Fsp3) is 0.294. The first-order chi connectivity index (χ1) is 10.8. The van der Waals surface area contributed by atoms with Crippen molar-refractivity contribution in [3.63, 3.8) is 0 Å². The van der Waals surface area contributed by atoms with E-state index in [1.807, 2.05) is 0 Å². The molecule has 0 aliphatic carbocycles. The number of carbonyl (C=O) groups excluding carboxylic acids is 2. The van der Waals surface area contributed by atoms with Crippen molar-refractivity contribution in [2.45, 2.75) is 27.3 Å². The number of rotatable bonds is 4. The zero-order valence-corrected chi connectivity index (χ0v) is 13.5. The van der Waals surface area contributed by atoms with Crippen molar-refractivity contribution in [2.75, 3.05) is 7.11 Å². The van der Waals surface area contributed by atoms with E-state index in [1.54, 1.807) is 32.9 Å². The van der Waals surface area contributed by atoms with Crippen LogP contribution in [0, 0.1) is 26.6 Å². The molecule has 0 spiro atoms. The molecule has 0 atom stereocenters. The van der Waals surface area contributed by atoms with Crippen LogP contribution >= 0.6 is 0 Å². The van der Waals surface area contributed by atoms with Gasteiger partial charge in [-0.3, -0.25) is 4.79 Å². The Bertz CT molecular complexity index is 765. The molecule has 0 unspecified atom stereocenters.